The smallest absolute Gasteiger partial charge is 0.283 e. The highest BCUT2D eigenvalue weighted by Gasteiger charge is 2.40. The van der Waals surface area contributed by atoms with Crippen molar-refractivity contribution in [1.29, 1.82) is 0 Å². The van der Waals surface area contributed by atoms with Crippen LogP contribution < -0.4 is 25.0 Å². The van der Waals surface area contributed by atoms with Gasteiger partial charge in [0.25, 0.3) is 17.7 Å². The van der Waals surface area contributed by atoms with Gasteiger partial charge in [0.1, 0.15) is 28.0 Å². The number of benzene rings is 3. The molecule has 35 heavy (non-hydrogen) atoms. The van der Waals surface area contributed by atoms with Gasteiger partial charge in [-0.2, -0.15) is 0 Å². The van der Waals surface area contributed by atoms with Crippen molar-refractivity contribution in [3.8, 4) is 11.5 Å². The predicted molar refractivity (Wildman–Crippen MR) is 129 cm³/mol. The van der Waals surface area contributed by atoms with Crippen LogP contribution in [-0.4, -0.2) is 31.9 Å². The Morgan fingerprint density at radius 1 is 0.914 bits per heavy atom. The van der Waals surface area contributed by atoms with E-state index in [1.54, 1.807) is 30.3 Å². The topological polar surface area (TPSA) is 97.0 Å². The minimum absolute atomic E-state index is 0.155. The molecule has 0 radical (unpaired) electrons. The monoisotopic (exact) mass is 495 g/mol. The Kier molecular flexibility index (Phi) is 6.70. The fourth-order valence-corrected chi connectivity index (χ4v) is 3.63. The molecule has 0 aliphatic carbocycles. The highest BCUT2D eigenvalue weighted by Crippen LogP contribution is 2.38. The van der Waals surface area contributed by atoms with Crippen LogP contribution in [-0.2, 0) is 9.59 Å². The second-order valence-corrected chi connectivity index (χ2v) is 7.72. The Hall–Kier alpha value is -4.37. The van der Waals surface area contributed by atoms with E-state index < -0.39 is 23.5 Å². The SMILES string of the molecule is COc1ccc(OC)c(N2C(=O)C(Cl)=C(Nc3cccc(C(=O)Nc4ccc(F)cc4)c3)C2=O)c1. The molecule has 1 aliphatic heterocycles. The summed E-state index contributed by atoms with van der Waals surface area (Å²) >= 11 is 6.23. The predicted octanol–water partition coefficient (Wildman–Crippen LogP) is 4.53. The number of hydrogen-bond donors (Lipinski definition) is 2. The number of halogens is 2. The molecule has 0 spiro atoms. The zero-order valence-electron chi connectivity index (χ0n) is 18.6. The van der Waals surface area contributed by atoms with Gasteiger partial charge in [-0.3, -0.25) is 14.4 Å². The van der Waals surface area contributed by atoms with Crippen LogP contribution in [0, 0.1) is 5.82 Å². The molecule has 1 heterocycles. The molecule has 1 aliphatic rings. The van der Waals surface area contributed by atoms with Crippen LogP contribution in [0.5, 0.6) is 11.5 Å². The number of hydrogen-bond acceptors (Lipinski definition) is 6. The maximum absolute atomic E-state index is 13.2. The van der Waals surface area contributed by atoms with Crippen molar-refractivity contribution < 1.29 is 28.2 Å². The van der Waals surface area contributed by atoms with Crippen molar-refractivity contribution in [1.82, 2.24) is 0 Å². The van der Waals surface area contributed by atoms with Crippen LogP contribution in [0.2, 0.25) is 0 Å². The van der Waals surface area contributed by atoms with E-state index in [9.17, 15) is 18.8 Å². The molecule has 3 amide bonds. The highest BCUT2D eigenvalue weighted by atomic mass is 35.5. The standard InChI is InChI=1S/C25H19ClFN3O5/c1-34-18-10-11-20(35-2)19(13-18)30-24(32)21(26)22(25(30)33)28-17-5-3-4-14(12-17)23(31)29-16-8-6-15(27)7-9-16/h3-13,28H,1-2H3,(H,29,31). The largest absolute Gasteiger partial charge is 0.497 e. The van der Waals surface area contributed by atoms with Crippen molar-refractivity contribution in [2.45, 2.75) is 0 Å². The molecule has 0 unspecified atom stereocenters. The third-order valence-electron chi connectivity index (χ3n) is 5.15. The first-order chi connectivity index (χ1) is 16.8. The first-order valence-electron chi connectivity index (χ1n) is 10.3. The molecule has 0 bridgehead atoms. The van der Waals surface area contributed by atoms with Crippen LogP contribution in [0.1, 0.15) is 10.4 Å². The Morgan fingerprint density at radius 2 is 1.66 bits per heavy atom. The Morgan fingerprint density at radius 3 is 2.34 bits per heavy atom. The summed E-state index contributed by atoms with van der Waals surface area (Å²) in [6, 6.07) is 16.3. The molecule has 3 aromatic rings. The van der Waals surface area contributed by atoms with Gasteiger partial charge in [-0.05, 0) is 54.6 Å². The number of amides is 3. The summed E-state index contributed by atoms with van der Waals surface area (Å²) in [5.74, 6) is -1.62. The van der Waals surface area contributed by atoms with Crippen molar-refractivity contribution in [3.63, 3.8) is 0 Å². The number of imide groups is 1. The lowest BCUT2D eigenvalue weighted by Gasteiger charge is -2.19. The summed E-state index contributed by atoms with van der Waals surface area (Å²) in [5.41, 5.74) is 1.05. The van der Waals surface area contributed by atoms with E-state index in [1.807, 2.05) is 0 Å². The molecule has 0 fully saturated rings. The summed E-state index contributed by atoms with van der Waals surface area (Å²) in [6.07, 6.45) is 0. The number of nitrogens with one attached hydrogen (secondary N) is 2. The molecule has 0 aromatic heterocycles. The van der Waals surface area contributed by atoms with Crippen molar-refractivity contribution in [2.75, 3.05) is 29.8 Å². The number of rotatable bonds is 7. The van der Waals surface area contributed by atoms with Gasteiger partial charge in [-0.15, -0.1) is 0 Å². The molecule has 2 N–H and O–H groups in total. The van der Waals surface area contributed by atoms with Crippen LogP contribution >= 0.6 is 11.6 Å². The molecular weight excluding hydrogens is 477 g/mol. The van der Waals surface area contributed by atoms with Crippen molar-refractivity contribution in [2.24, 2.45) is 0 Å². The molecule has 178 valence electrons. The number of carbonyl (C=O) groups excluding carboxylic acids is 3. The first kappa shape index (κ1) is 23.8. The fraction of sp³-hybridized carbons (Fsp3) is 0.0800. The molecule has 8 nitrogen and oxygen atoms in total. The number of nitrogens with zero attached hydrogens (tertiary/aromatic N) is 1. The highest BCUT2D eigenvalue weighted by molar-refractivity contribution is 6.53. The van der Waals surface area contributed by atoms with Gasteiger partial charge in [0.15, 0.2) is 0 Å². The van der Waals surface area contributed by atoms with Gasteiger partial charge >= 0.3 is 0 Å². The van der Waals surface area contributed by atoms with E-state index in [0.717, 1.165) is 4.90 Å². The van der Waals surface area contributed by atoms with Gasteiger partial charge in [0.2, 0.25) is 0 Å². The summed E-state index contributed by atoms with van der Waals surface area (Å²) < 4.78 is 23.6. The van der Waals surface area contributed by atoms with Crippen LogP contribution in [0.4, 0.5) is 21.5 Å². The Labute approximate surface area is 204 Å². The second kappa shape index (κ2) is 9.86. The summed E-state index contributed by atoms with van der Waals surface area (Å²) in [5, 5.41) is 5.18. The van der Waals surface area contributed by atoms with Gasteiger partial charge in [-0.25, -0.2) is 9.29 Å². The van der Waals surface area contributed by atoms with E-state index in [1.165, 1.54) is 50.6 Å². The quantitative estimate of drug-likeness (QED) is 0.467. The van der Waals surface area contributed by atoms with Crippen LogP contribution in [0.3, 0.4) is 0 Å². The number of carbonyl (C=O) groups is 3. The molecule has 0 saturated carbocycles. The maximum Gasteiger partial charge on any atom is 0.283 e. The van der Waals surface area contributed by atoms with Crippen molar-refractivity contribution in [3.05, 3.63) is 88.8 Å². The second-order valence-electron chi connectivity index (χ2n) is 7.34. The average Bonchev–Trinajstić information content (AvgIpc) is 3.08. The average molecular weight is 496 g/mol. The van der Waals surface area contributed by atoms with E-state index in [2.05, 4.69) is 10.6 Å². The molecule has 0 saturated heterocycles. The zero-order valence-corrected chi connectivity index (χ0v) is 19.4. The third-order valence-corrected chi connectivity index (χ3v) is 5.50. The lowest BCUT2D eigenvalue weighted by Crippen LogP contribution is -2.32. The third kappa shape index (κ3) is 4.80. The summed E-state index contributed by atoms with van der Waals surface area (Å²) in [7, 11) is 2.86. The Balaban J connectivity index is 1.57. The lowest BCUT2D eigenvalue weighted by atomic mass is 10.1. The normalized spacial score (nSPS) is 13.2. The molecule has 0 atom stereocenters. The van der Waals surface area contributed by atoms with Crippen LogP contribution in [0.25, 0.3) is 0 Å². The van der Waals surface area contributed by atoms with Gasteiger partial charge < -0.3 is 20.1 Å². The number of anilines is 3. The molecule has 3 aromatic carbocycles. The van der Waals surface area contributed by atoms with E-state index in [4.69, 9.17) is 21.1 Å². The fourth-order valence-electron chi connectivity index (χ4n) is 3.42. The number of ether oxygens (including phenoxy) is 2. The van der Waals surface area contributed by atoms with Crippen molar-refractivity contribution >= 4 is 46.4 Å². The minimum Gasteiger partial charge on any atom is -0.497 e. The zero-order chi connectivity index (χ0) is 25.1. The van der Waals surface area contributed by atoms with Crippen LogP contribution in [0.15, 0.2) is 77.5 Å². The van der Waals surface area contributed by atoms with Gasteiger partial charge in [0, 0.05) is 23.0 Å². The number of methoxy groups -OCH3 is 2. The summed E-state index contributed by atoms with van der Waals surface area (Å²) in [6.45, 7) is 0. The van der Waals surface area contributed by atoms with E-state index in [-0.39, 0.29) is 27.7 Å². The lowest BCUT2D eigenvalue weighted by molar-refractivity contribution is -0.120. The first-order valence-corrected chi connectivity index (χ1v) is 10.6. The maximum atomic E-state index is 13.2. The van der Waals surface area contributed by atoms with E-state index >= 15 is 0 Å². The Bertz CT molecular complexity index is 1360. The van der Waals surface area contributed by atoms with E-state index in [0.29, 0.717) is 17.1 Å². The molecule has 4 rings (SSSR count). The molecular formula is C25H19ClFN3O5. The minimum atomic E-state index is -0.740. The van der Waals surface area contributed by atoms with Gasteiger partial charge in [-0.1, -0.05) is 17.7 Å². The molecule has 10 heteroatoms. The summed E-state index contributed by atoms with van der Waals surface area (Å²) in [4.78, 5) is 39.6. The van der Waals surface area contributed by atoms with Gasteiger partial charge in [0.05, 0.1) is 19.9 Å².